The quantitative estimate of drug-likeness (QED) is 0.864. The lowest BCUT2D eigenvalue weighted by molar-refractivity contribution is -0.113. The number of nitrogens with one attached hydrogen (secondary N) is 1. The van der Waals surface area contributed by atoms with Gasteiger partial charge < -0.3 is 5.32 Å². The number of amides is 1. The smallest absolute Gasteiger partial charge is 0.234 e. The Balaban J connectivity index is 1.87. The van der Waals surface area contributed by atoms with Crippen LogP contribution in [-0.4, -0.2) is 11.7 Å². The maximum absolute atomic E-state index is 12.1. The van der Waals surface area contributed by atoms with Crippen molar-refractivity contribution < 1.29 is 4.79 Å². The van der Waals surface area contributed by atoms with E-state index >= 15 is 0 Å². The van der Waals surface area contributed by atoms with Crippen LogP contribution in [0.4, 0.5) is 5.69 Å². The second-order valence-corrected chi connectivity index (χ2v) is 6.56. The predicted octanol–water partition coefficient (Wildman–Crippen LogP) is 4.74. The monoisotopic (exact) mass is 299 g/mol. The van der Waals surface area contributed by atoms with Gasteiger partial charge in [0, 0.05) is 10.9 Å². The number of anilines is 1. The summed E-state index contributed by atoms with van der Waals surface area (Å²) in [5.41, 5.74) is 4.46. The van der Waals surface area contributed by atoms with Crippen LogP contribution in [-0.2, 0) is 4.79 Å². The van der Waals surface area contributed by atoms with Gasteiger partial charge in [-0.15, -0.1) is 11.8 Å². The van der Waals surface area contributed by atoms with Crippen molar-refractivity contribution in [2.75, 3.05) is 11.1 Å². The number of benzene rings is 2. The molecular weight excluding hydrogens is 278 g/mol. The van der Waals surface area contributed by atoms with Gasteiger partial charge in [-0.25, -0.2) is 0 Å². The molecule has 0 saturated carbocycles. The number of hydrogen-bond donors (Lipinski definition) is 1. The highest BCUT2D eigenvalue weighted by atomic mass is 32.2. The first-order chi connectivity index (χ1) is 10.1. The molecule has 0 heterocycles. The van der Waals surface area contributed by atoms with Crippen molar-refractivity contribution in [1.29, 1.82) is 0 Å². The highest BCUT2D eigenvalue weighted by Crippen LogP contribution is 2.27. The Kier molecular flexibility index (Phi) is 5.45. The first-order valence-corrected chi connectivity index (χ1v) is 8.15. The summed E-state index contributed by atoms with van der Waals surface area (Å²) in [6.45, 7) is 6.20. The van der Waals surface area contributed by atoms with E-state index < -0.39 is 0 Å². The second kappa shape index (κ2) is 7.32. The van der Waals surface area contributed by atoms with Gasteiger partial charge in [0.25, 0.3) is 0 Å². The van der Waals surface area contributed by atoms with Crippen molar-refractivity contribution in [2.45, 2.75) is 26.0 Å². The maximum Gasteiger partial charge on any atom is 0.234 e. The number of hydrogen-bond acceptors (Lipinski definition) is 2. The van der Waals surface area contributed by atoms with Crippen LogP contribution >= 0.6 is 11.8 Å². The molecule has 110 valence electrons. The lowest BCUT2D eigenvalue weighted by atomic mass is 10.1. The van der Waals surface area contributed by atoms with Crippen LogP contribution in [0.15, 0.2) is 48.5 Å². The number of aryl methyl sites for hydroxylation is 2. The molecule has 2 aromatic rings. The van der Waals surface area contributed by atoms with Gasteiger partial charge in [0.1, 0.15) is 0 Å². The summed E-state index contributed by atoms with van der Waals surface area (Å²) in [4.78, 5) is 12.1. The fourth-order valence-electron chi connectivity index (χ4n) is 2.16. The van der Waals surface area contributed by atoms with Crippen LogP contribution in [0.5, 0.6) is 0 Å². The molecule has 0 aliphatic heterocycles. The highest BCUT2D eigenvalue weighted by Gasteiger charge is 2.10. The van der Waals surface area contributed by atoms with Crippen LogP contribution in [0.25, 0.3) is 0 Å². The van der Waals surface area contributed by atoms with E-state index in [1.165, 1.54) is 11.1 Å². The Labute approximate surface area is 131 Å². The minimum Gasteiger partial charge on any atom is -0.325 e. The summed E-state index contributed by atoms with van der Waals surface area (Å²) in [6, 6.07) is 16.3. The van der Waals surface area contributed by atoms with E-state index in [-0.39, 0.29) is 5.91 Å². The van der Waals surface area contributed by atoms with Crippen molar-refractivity contribution in [1.82, 2.24) is 0 Å². The molecule has 0 radical (unpaired) electrons. The van der Waals surface area contributed by atoms with Crippen LogP contribution < -0.4 is 5.32 Å². The zero-order valence-corrected chi connectivity index (χ0v) is 13.5. The average Bonchev–Trinajstić information content (AvgIpc) is 2.48. The molecule has 1 N–H and O–H groups in total. The van der Waals surface area contributed by atoms with Crippen molar-refractivity contribution in [3.8, 4) is 0 Å². The Hall–Kier alpha value is -1.74. The molecule has 1 amide bonds. The Bertz CT molecular complexity index is 610. The van der Waals surface area contributed by atoms with Crippen molar-refractivity contribution >= 4 is 23.4 Å². The topological polar surface area (TPSA) is 29.1 Å². The average molecular weight is 299 g/mol. The number of thioether (sulfide) groups is 1. The van der Waals surface area contributed by atoms with E-state index in [0.717, 1.165) is 11.3 Å². The van der Waals surface area contributed by atoms with E-state index in [0.29, 0.717) is 11.0 Å². The molecule has 0 spiro atoms. The minimum atomic E-state index is 0.0507. The van der Waals surface area contributed by atoms with Crippen LogP contribution in [0.3, 0.4) is 0 Å². The summed E-state index contributed by atoms with van der Waals surface area (Å²) in [5, 5.41) is 3.30. The van der Waals surface area contributed by atoms with Gasteiger partial charge in [-0.3, -0.25) is 4.79 Å². The van der Waals surface area contributed by atoms with E-state index in [1.807, 2.05) is 37.3 Å². The summed E-state index contributed by atoms with van der Waals surface area (Å²) in [7, 11) is 0. The van der Waals surface area contributed by atoms with Gasteiger partial charge in [0.15, 0.2) is 0 Å². The van der Waals surface area contributed by atoms with Crippen LogP contribution in [0, 0.1) is 13.8 Å². The summed E-state index contributed by atoms with van der Waals surface area (Å²) in [5.74, 6) is 0.512. The van der Waals surface area contributed by atoms with Gasteiger partial charge in [-0.2, -0.15) is 0 Å². The fraction of sp³-hybridized carbons (Fsp3) is 0.278. The Morgan fingerprint density at radius 1 is 1.14 bits per heavy atom. The molecule has 0 saturated heterocycles. The standard InChI is InChI=1S/C18H21NOS/c1-13-9-10-17(14(2)11-13)19-18(20)12-21-15(3)16-7-5-4-6-8-16/h4-11,15H,12H2,1-3H3,(H,19,20)/t15-/m0/s1. The second-order valence-electron chi connectivity index (χ2n) is 5.23. The largest absolute Gasteiger partial charge is 0.325 e. The summed E-state index contributed by atoms with van der Waals surface area (Å²) < 4.78 is 0. The molecule has 2 aromatic carbocycles. The van der Waals surface area contributed by atoms with Gasteiger partial charge in [-0.1, -0.05) is 48.0 Å². The van der Waals surface area contributed by atoms with E-state index in [2.05, 4.69) is 37.4 Å². The van der Waals surface area contributed by atoms with Crippen molar-refractivity contribution in [3.05, 3.63) is 65.2 Å². The van der Waals surface area contributed by atoms with Crippen LogP contribution in [0.1, 0.15) is 28.9 Å². The van der Waals surface area contributed by atoms with Gasteiger partial charge in [0.05, 0.1) is 5.75 Å². The van der Waals surface area contributed by atoms with Gasteiger partial charge in [0.2, 0.25) is 5.91 Å². The molecule has 0 aliphatic carbocycles. The minimum absolute atomic E-state index is 0.0507. The van der Waals surface area contributed by atoms with E-state index in [1.54, 1.807) is 11.8 Å². The lowest BCUT2D eigenvalue weighted by Gasteiger charge is -2.12. The maximum atomic E-state index is 12.1. The lowest BCUT2D eigenvalue weighted by Crippen LogP contribution is -2.15. The predicted molar refractivity (Wildman–Crippen MR) is 91.9 cm³/mol. The SMILES string of the molecule is Cc1ccc(NC(=O)CS[C@@H](C)c2ccccc2)c(C)c1. The number of carbonyl (C=O) groups excluding carboxylic acids is 1. The highest BCUT2D eigenvalue weighted by molar-refractivity contribution is 8.00. The number of rotatable bonds is 5. The zero-order chi connectivity index (χ0) is 15.2. The molecule has 0 bridgehead atoms. The molecule has 3 heteroatoms. The van der Waals surface area contributed by atoms with Crippen molar-refractivity contribution in [2.24, 2.45) is 0 Å². The molecular formula is C18H21NOS. The summed E-state index contributed by atoms with van der Waals surface area (Å²) >= 11 is 1.65. The van der Waals surface area contributed by atoms with E-state index in [4.69, 9.17) is 0 Å². The molecule has 2 rings (SSSR count). The van der Waals surface area contributed by atoms with Crippen molar-refractivity contribution in [3.63, 3.8) is 0 Å². The normalized spacial score (nSPS) is 12.0. The first kappa shape index (κ1) is 15.6. The third-order valence-electron chi connectivity index (χ3n) is 3.39. The molecule has 21 heavy (non-hydrogen) atoms. The van der Waals surface area contributed by atoms with E-state index in [9.17, 15) is 4.79 Å². The molecule has 0 aromatic heterocycles. The third-order valence-corrected chi connectivity index (χ3v) is 4.59. The molecule has 0 unspecified atom stereocenters. The summed E-state index contributed by atoms with van der Waals surface area (Å²) in [6.07, 6.45) is 0. The van der Waals surface area contributed by atoms with Gasteiger partial charge >= 0.3 is 0 Å². The van der Waals surface area contributed by atoms with Gasteiger partial charge in [-0.05, 0) is 38.0 Å². The fourth-order valence-corrected chi connectivity index (χ4v) is 2.98. The third kappa shape index (κ3) is 4.64. The molecule has 1 atom stereocenters. The Morgan fingerprint density at radius 2 is 1.86 bits per heavy atom. The molecule has 0 fully saturated rings. The molecule has 0 aliphatic rings. The Morgan fingerprint density at radius 3 is 2.52 bits per heavy atom. The molecule has 2 nitrogen and oxygen atoms in total. The zero-order valence-electron chi connectivity index (χ0n) is 12.7. The number of carbonyl (C=O) groups is 1. The first-order valence-electron chi connectivity index (χ1n) is 7.10. The van der Waals surface area contributed by atoms with Crippen LogP contribution in [0.2, 0.25) is 0 Å².